The normalized spacial score (nSPS) is 18.6. The topological polar surface area (TPSA) is 84.5 Å². The highest BCUT2D eigenvalue weighted by molar-refractivity contribution is 7.15. The van der Waals surface area contributed by atoms with Crippen LogP contribution in [0.15, 0.2) is 12.1 Å². The van der Waals surface area contributed by atoms with Gasteiger partial charge in [-0.1, -0.05) is 0 Å². The van der Waals surface area contributed by atoms with E-state index in [0.29, 0.717) is 29.1 Å². The van der Waals surface area contributed by atoms with Crippen molar-refractivity contribution in [3.8, 4) is 0 Å². The van der Waals surface area contributed by atoms with Crippen molar-refractivity contribution in [3.63, 3.8) is 0 Å². The van der Waals surface area contributed by atoms with Crippen LogP contribution in [0.5, 0.6) is 0 Å². The summed E-state index contributed by atoms with van der Waals surface area (Å²) in [4.78, 5) is 35.1. The molecule has 2 amide bonds. The van der Waals surface area contributed by atoms with Crippen LogP contribution in [0.4, 0.5) is 0 Å². The van der Waals surface area contributed by atoms with Crippen LogP contribution in [-0.4, -0.2) is 37.5 Å². The first-order chi connectivity index (χ1) is 9.10. The minimum atomic E-state index is -0.450. The first-order valence-corrected chi connectivity index (χ1v) is 6.67. The summed E-state index contributed by atoms with van der Waals surface area (Å²) >= 11 is 1.09. The van der Waals surface area contributed by atoms with Crippen LogP contribution in [0.3, 0.4) is 0 Å². The van der Waals surface area contributed by atoms with E-state index in [1.165, 1.54) is 7.11 Å². The molecule has 6 nitrogen and oxygen atoms in total. The fourth-order valence-electron chi connectivity index (χ4n) is 1.78. The molecule has 1 aliphatic rings. The summed E-state index contributed by atoms with van der Waals surface area (Å²) in [6.45, 7) is 0.444. The molecule has 0 aromatic carbocycles. The van der Waals surface area contributed by atoms with Crippen LogP contribution in [0.25, 0.3) is 0 Å². The SMILES string of the molecule is COC(=O)c1ccc(C(=O)N[C@H]2CCC(=O)NC2)s1. The zero-order valence-corrected chi connectivity index (χ0v) is 11.2. The van der Waals surface area contributed by atoms with Gasteiger partial charge in [0.2, 0.25) is 5.91 Å². The molecule has 0 bridgehead atoms. The minimum absolute atomic E-state index is 0.00889. The summed E-state index contributed by atoms with van der Waals surface area (Å²) in [7, 11) is 1.30. The number of hydrogen-bond donors (Lipinski definition) is 2. The number of methoxy groups -OCH3 is 1. The Kier molecular flexibility index (Phi) is 4.16. The van der Waals surface area contributed by atoms with Gasteiger partial charge in [-0.25, -0.2) is 4.79 Å². The highest BCUT2D eigenvalue weighted by Gasteiger charge is 2.21. The molecular formula is C12H14N2O4S. The Bertz CT molecular complexity index is 502. The zero-order valence-electron chi connectivity index (χ0n) is 10.4. The van der Waals surface area contributed by atoms with E-state index >= 15 is 0 Å². The van der Waals surface area contributed by atoms with E-state index in [0.717, 1.165) is 11.3 Å². The van der Waals surface area contributed by atoms with Gasteiger partial charge in [0.05, 0.1) is 12.0 Å². The molecule has 1 aliphatic heterocycles. The van der Waals surface area contributed by atoms with Gasteiger partial charge in [0.15, 0.2) is 0 Å². The van der Waals surface area contributed by atoms with E-state index in [-0.39, 0.29) is 17.9 Å². The van der Waals surface area contributed by atoms with E-state index in [1.807, 2.05) is 0 Å². The van der Waals surface area contributed by atoms with E-state index in [1.54, 1.807) is 12.1 Å². The van der Waals surface area contributed by atoms with Crippen LogP contribution in [-0.2, 0) is 9.53 Å². The maximum Gasteiger partial charge on any atom is 0.348 e. The number of thiophene rings is 1. The molecule has 0 aliphatic carbocycles. The van der Waals surface area contributed by atoms with Crippen molar-refractivity contribution in [1.29, 1.82) is 0 Å². The van der Waals surface area contributed by atoms with E-state index in [9.17, 15) is 14.4 Å². The fourth-order valence-corrected chi connectivity index (χ4v) is 2.61. The standard InChI is InChI=1S/C12H14N2O4S/c1-18-12(17)9-4-3-8(19-9)11(16)14-7-2-5-10(15)13-6-7/h3-4,7H,2,5-6H2,1H3,(H,13,15)(H,14,16)/t7-/m0/s1. The second kappa shape index (κ2) is 5.83. The molecule has 1 aromatic rings. The van der Waals surface area contributed by atoms with Gasteiger partial charge in [0.25, 0.3) is 5.91 Å². The maximum atomic E-state index is 12.0. The van der Waals surface area contributed by atoms with Crippen molar-refractivity contribution in [1.82, 2.24) is 10.6 Å². The molecule has 102 valence electrons. The average Bonchev–Trinajstić information content (AvgIpc) is 2.90. The molecule has 1 aromatic heterocycles. The van der Waals surface area contributed by atoms with Gasteiger partial charge in [0.1, 0.15) is 4.88 Å². The lowest BCUT2D eigenvalue weighted by atomic mass is 10.1. The summed E-state index contributed by atoms with van der Waals surface area (Å²) in [5.41, 5.74) is 0. The second-order valence-corrected chi connectivity index (χ2v) is 5.25. The van der Waals surface area contributed by atoms with Gasteiger partial charge in [-0.05, 0) is 18.6 Å². The summed E-state index contributed by atoms with van der Waals surface area (Å²) in [6, 6.07) is 3.09. The largest absolute Gasteiger partial charge is 0.465 e. The Labute approximate surface area is 114 Å². The van der Waals surface area contributed by atoms with Crippen LogP contribution in [0.2, 0.25) is 0 Å². The number of esters is 1. The van der Waals surface area contributed by atoms with Gasteiger partial charge in [-0.3, -0.25) is 9.59 Å². The van der Waals surface area contributed by atoms with E-state index in [4.69, 9.17) is 0 Å². The van der Waals surface area contributed by atoms with Crippen molar-refractivity contribution in [2.45, 2.75) is 18.9 Å². The molecule has 2 heterocycles. The first kappa shape index (κ1) is 13.5. The quantitative estimate of drug-likeness (QED) is 0.793. The van der Waals surface area contributed by atoms with Crippen molar-refractivity contribution in [2.75, 3.05) is 13.7 Å². The van der Waals surface area contributed by atoms with Gasteiger partial charge in [0, 0.05) is 19.0 Å². The van der Waals surface area contributed by atoms with Crippen LogP contribution in [0, 0.1) is 0 Å². The third-order valence-corrected chi connectivity index (χ3v) is 3.88. The molecule has 2 rings (SSSR count). The monoisotopic (exact) mass is 282 g/mol. The molecule has 2 N–H and O–H groups in total. The van der Waals surface area contributed by atoms with Crippen molar-refractivity contribution in [3.05, 3.63) is 21.9 Å². The summed E-state index contributed by atoms with van der Waals surface area (Å²) in [6.07, 6.45) is 1.05. The van der Waals surface area contributed by atoms with Gasteiger partial charge < -0.3 is 15.4 Å². The maximum absolute atomic E-state index is 12.0. The van der Waals surface area contributed by atoms with Crippen molar-refractivity contribution < 1.29 is 19.1 Å². The number of piperidine rings is 1. The molecule has 0 saturated carbocycles. The highest BCUT2D eigenvalue weighted by Crippen LogP contribution is 2.17. The lowest BCUT2D eigenvalue weighted by Crippen LogP contribution is -2.47. The van der Waals surface area contributed by atoms with E-state index in [2.05, 4.69) is 15.4 Å². The number of nitrogens with one attached hydrogen (secondary N) is 2. The third kappa shape index (κ3) is 3.31. The molecule has 19 heavy (non-hydrogen) atoms. The highest BCUT2D eigenvalue weighted by atomic mass is 32.1. The van der Waals surface area contributed by atoms with Gasteiger partial charge in [-0.2, -0.15) is 0 Å². The van der Waals surface area contributed by atoms with Crippen molar-refractivity contribution in [2.24, 2.45) is 0 Å². The predicted octanol–water partition coefficient (Wildman–Crippen LogP) is 0.543. The fraction of sp³-hybridized carbons (Fsp3) is 0.417. The first-order valence-electron chi connectivity index (χ1n) is 5.86. The van der Waals surface area contributed by atoms with Crippen LogP contribution < -0.4 is 10.6 Å². The lowest BCUT2D eigenvalue weighted by Gasteiger charge is -2.23. The number of carbonyl (C=O) groups excluding carboxylic acids is 3. The third-order valence-electron chi connectivity index (χ3n) is 2.82. The average molecular weight is 282 g/mol. The van der Waals surface area contributed by atoms with Crippen LogP contribution >= 0.6 is 11.3 Å². The summed E-state index contributed by atoms with van der Waals surface area (Å²) < 4.78 is 4.58. The summed E-state index contributed by atoms with van der Waals surface area (Å²) in [5.74, 6) is -0.676. The Morgan fingerprint density at radius 1 is 1.42 bits per heavy atom. The Hall–Kier alpha value is -1.89. The number of hydrogen-bond acceptors (Lipinski definition) is 5. The Morgan fingerprint density at radius 2 is 2.16 bits per heavy atom. The molecule has 1 atom stereocenters. The number of carbonyl (C=O) groups is 3. The van der Waals surface area contributed by atoms with Gasteiger partial charge in [-0.15, -0.1) is 11.3 Å². The molecule has 7 heteroatoms. The smallest absolute Gasteiger partial charge is 0.348 e. The molecule has 0 unspecified atom stereocenters. The minimum Gasteiger partial charge on any atom is -0.465 e. The Morgan fingerprint density at radius 3 is 2.79 bits per heavy atom. The van der Waals surface area contributed by atoms with Crippen molar-refractivity contribution >= 4 is 29.1 Å². The van der Waals surface area contributed by atoms with Crippen LogP contribution in [0.1, 0.15) is 32.2 Å². The lowest BCUT2D eigenvalue weighted by molar-refractivity contribution is -0.122. The number of amides is 2. The molecular weight excluding hydrogens is 268 g/mol. The second-order valence-electron chi connectivity index (χ2n) is 4.17. The molecule has 1 fully saturated rings. The number of rotatable bonds is 3. The molecule has 1 saturated heterocycles. The zero-order chi connectivity index (χ0) is 13.8. The predicted molar refractivity (Wildman–Crippen MR) is 69.2 cm³/mol. The molecule has 0 spiro atoms. The molecule has 0 radical (unpaired) electrons. The Balaban J connectivity index is 1.94. The van der Waals surface area contributed by atoms with Gasteiger partial charge >= 0.3 is 5.97 Å². The summed E-state index contributed by atoms with van der Waals surface area (Å²) in [5, 5.41) is 5.53. The van der Waals surface area contributed by atoms with E-state index < -0.39 is 5.97 Å². The number of ether oxygens (including phenoxy) is 1.